The molecule has 0 radical (unpaired) electrons. The third kappa shape index (κ3) is 4.26. The van der Waals surface area contributed by atoms with Crippen LogP contribution in [0.4, 0.5) is 5.69 Å². The van der Waals surface area contributed by atoms with Crippen LogP contribution in [0.15, 0.2) is 65.1 Å². The van der Waals surface area contributed by atoms with Gasteiger partial charge in [-0.2, -0.15) is 0 Å². The van der Waals surface area contributed by atoms with Gasteiger partial charge < -0.3 is 14.8 Å². The first kappa shape index (κ1) is 20.2. The Kier molecular flexibility index (Phi) is 5.91. The second-order valence-corrected chi connectivity index (χ2v) is 7.94. The third-order valence-corrected chi connectivity index (χ3v) is 5.57. The lowest BCUT2D eigenvalue weighted by atomic mass is 10.0. The number of carbonyl (C=O) groups is 1. The molecule has 0 spiro atoms. The Morgan fingerprint density at radius 2 is 1.73 bits per heavy atom. The SMILES string of the molecule is CCOc1cc(C=C2C(=O)Nc3ccccc32)c(Br)cc1OCc1ccc(C)cc1. The van der Waals surface area contributed by atoms with Gasteiger partial charge in [0.15, 0.2) is 11.5 Å². The smallest absolute Gasteiger partial charge is 0.256 e. The molecule has 0 saturated heterocycles. The maximum Gasteiger partial charge on any atom is 0.256 e. The number of rotatable bonds is 6. The van der Waals surface area contributed by atoms with E-state index < -0.39 is 0 Å². The minimum absolute atomic E-state index is 0.110. The monoisotopic (exact) mass is 463 g/mol. The van der Waals surface area contributed by atoms with Gasteiger partial charge in [0.2, 0.25) is 0 Å². The molecule has 0 atom stereocenters. The van der Waals surface area contributed by atoms with Crippen molar-refractivity contribution in [1.29, 1.82) is 0 Å². The van der Waals surface area contributed by atoms with E-state index in [4.69, 9.17) is 9.47 Å². The fourth-order valence-corrected chi connectivity index (χ4v) is 3.76. The number of nitrogens with one attached hydrogen (secondary N) is 1. The Bertz CT molecular complexity index is 1120. The zero-order valence-electron chi connectivity index (χ0n) is 16.9. The minimum Gasteiger partial charge on any atom is -0.490 e. The highest BCUT2D eigenvalue weighted by atomic mass is 79.9. The molecule has 3 aromatic carbocycles. The molecule has 1 amide bonds. The first-order valence-electron chi connectivity index (χ1n) is 9.82. The van der Waals surface area contributed by atoms with Crippen LogP contribution in [0.2, 0.25) is 0 Å². The molecule has 30 heavy (non-hydrogen) atoms. The number of ether oxygens (including phenoxy) is 2. The molecular formula is C25H22BrNO3. The Hall–Kier alpha value is -3.05. The van der Waals surface area contributed by atoms with Crippen LogP contribution in [-0.4, -0.2) is 12.5 Å². The van der Waals surface area contributed by atoms with Crippen molar-refractivity contribution >= 4 is 39.2 Å². The van der Waals surface area contributed by atoms with Gasteiger partial charge in [0.05, 0.1) is 6.61 Å². The summed E-state index contributed by atoms with van der Waals surface area (Å²) in [5, 5.41) is 2.90. The number of benzene rings is 3. The Balaban J connectivity index is 1.65. The van der Waals surface area contributed by atoms with Crippen LogP contribution in [0.3, 0.4) is 0 Å². The van der Waals surface area contributed by atoms with Gasteiger partial charge in [0.1, 0.15) is 6.61 Å². The zero-order chi connectivity index (χ0) is 21.1. The molecule has 0 aliphatic carbocycles. The first-order valence-corrected chi connectivity index (χ1v) is 10.6. The van der Waals surface area contributed by atoms with Crippen molar-refractivity contribution in [2.24, 2.45) is 0 Å². The molecule has 0 aromatic heterocycles. The number of halogens is 1. The van der Waals surface area contributed by atoms with E-state index in [1.807, 2.05) is 49.4 Å². The van der Waals surface area contributed by atoms with E-state index >= 15 is 0 Å². The molecule has 4 nitrogen and oxygen atoms in total. The molecule has 152 valence electrons. The summed E-state index contributed by atoms with van der Waals surface area (Å²) in [5.41, 5.74) is 5.50. The summed E-state index contributed by atoms with van der Waals surface area (Å²) < 4.78 is 12.7. The molecule has 0 saturated carbocycles. The molecule has 1 aliphatic heterocycles. The van der Waals surface area contributed by atoms with Gasteiger partial charge in [-0.1, -0.05) is 64.0 Å². The van der Waals surface area contributed by atoms with Gasteiger partial charge in [-0.3, -0.25) is 4.79 Å². The van der Waals surface area contributed by atoms with Gasteiger partial charge in [-0.25, -0.2) is 0 Å². The Labute approximate surface area is 184 Å². The van der Waals surface area contributed by atoms with E-state index in [1.54, 1.807) is 0 Å². The van der Waals surface area contributed by atoms with Gasteiger partial charge in [-0.15, -0.1) is 0 Å². The van der Waals surface area contributed by atoms with Gasteiger partial charge >= 0.3 is 0 Å². The third-order valence-electron chi connectivity index (χ3n) is 4.89. The highest BCUT2D eigenvalue weighted by molar-refractivity contribution is 9.10. The van der Waals surface area contributed by atoms with Crippen LogP contribution in [-0.2, 0) is 11.4 Å². The van der Waals surface area contributed by atoms with Crippen LogP contribution < -0.4 is 14.8 Å². The zero-order valence-corrected chi connectivity index (χ0v) is 18.5. The molecule has 1 heterocycles. The molecular weight excluding hydrogens is 442 g/mol. The molecule has 4 rings (SSSR count). The maximum absolute atomic E-state index is 12.5. The maximum atomic E-state index is 12.5. The van der Waals surface area contributed by atoms with Crippen LogP contribution >= 0.6 is 15.9 Å². The molecule has 1 aliphatic rings. The number of aryl methyl sites for hydroxylation is 1. The molecule has 0 bridgehead atoms. The Morgan fingerprint density at radius 1 is 1.00 bits per heavy atom. The van der Waals surface area contributed by atoms with Crippen molar-refractivity contribution in [2.75, 3.05) is 11.9 Å². The number of fused-ring (bicyclic) bond motifs is 1. The van der Waals surface area contributed by atoms with E-state index in [0.717, 1.165) is 26.9 Å². The summed E-state index contributed by atoms with van der Waals surface area (Å²) in [7, 11) is 0. The van der Waals surface area contributed by atoms with E-state index in [1.165, 1.54) is 5.56 Å². The lowest BCUT2D eigenvalue weighted by Gasteiger charge is -2.14. The van der Waals surface area contributed by atoms with E-state index in [9.17, 15) is 4.79 Å². The fraction of sp³-hybridized carbons (Fsp3) is 0.160. The van der Waals surface area contributed by atoms with Crippen LogP contribution in [0.5, 0.6) is 11.5 Å². The number of para-hydroxylation sites is 1. The van der Waals surface area contributed by atoms with Crippen molar-refractivity contribution in [2.45, 2.75) is 20.5 Å². The highest BCUT2D eigenvalue weighted by Gasteiger charge is 2.24. The second-order valence-electron chi connectivity index (χ2n) is 7.09. The van der Waals surface area contributed by atoms with Crippen molar-refractivity contribution in [3.05, 3.63) is 87.4 Å². The van der Waals surface area contributed by atoms with Crippen molar-refractivity contribution in [3.8, 4) is 11.5 Å². The summed E-state index contributed by atoms with van der Waals surface area (Å²) in [6.07, 6.45) is 1.87. The number of anilines is 1. The summed E-state index contributed by atoms with van der Waals surface area (Å²) in [6, 6.07) is 19.7. The number of hydrogen-bond acceptors (Lipinski definition) is 3. The van der Waals surface area contributed by atoms with Gasteiger partial charge in [0, 0.05) is 21.3 Å². The highest BCUT2D eigenvalue weighted by Crippen LogP contribution is 2.38. The molecule has 1 N–H and O–H groups in total. The molecule has 3 aromatic rings. The number of carbonyl (C=O) groups excluding carboxylic acids is 1. The van der Waals surface area contributed by atoms with Crippen LogP contribution in [0.25, 0.3) is 11.6 Å². The minimum atomic E-state index is -0.110. The molecule has 0 unspecified atom stereocenters. The number of amides is 1. The van der Waals surface area contributed by atoms with E-state index in [0.29, 0.717) is 30.3 Å². The van der Waals surface area contributed by atoms with Gasteiger partial charge in [-0.05, 0) is 49.2 Å². The topological polar surface area (TPSA) is 47.6 Å². The lowest BCUT2D eigenvalue weighted by molar-refractivity contribution is -0.110. The first-order chi connectivity index (χ1) is 14.5. The molecule has 0 fully saturated rings. The standard InChI is InChI=1S/C25H22BrNO3/c1-3-29-23-13-18(12-20-19-6-4-5-7-22(19)27-25(20)28)21(26)14-24(23)30-15-17-10-8-16(2)9-11-17/h4-14H,3,15H2,1-2H3,(H,27,28). The lowest BCUT2D eigenvalue weighted by Crippen LogP contribution is -2.04. The van der Waals surface area contributed by atoms with Gasteiger partial charge in [0.25, 0.3) is 5.91 Å². The summed E-state index contributed by atoms with van der Waals surface area (Å²) in [6.45, 7) is 4.96. The fourth-order valence-electron chi connectivity index (χ4n) is 3.33. The van der Waals surface area contributed by atoms with Crippen LogP contribution in [0.1, 0.15) is 29.2 Å². The predicted octanol–water partition coefficient (Wildman–Crippen LogP) is 6.23. The van der Waals surface area contributed by atoms with Crippen molar-refractivity contribution < 1.29 is 14.3 Å². The predicted molar refractivity (Wildman–Crippen MR) is 124 cm³/mol. The second kappa shape index (κ2) is 8.76. The average Bonchev–Trinajstić information content (AvgIpc) is 3.05. The summed E-state index contributed by atoms with van der Waals surface area (Å²) in [5.74, 6) is 1.19. The van der Waals surface area contributed by atoms with Crippen molar-refractivity contribution in [3.63, 3.8) is 0 Å². The van der Waals surface area contributed by atoms with Crippen molar-refractivity contribution in [1.82, 2.24) is 0 Å². The van der Waals surface area contributed by atoms with Crippen LogP contribution in [0, 0.1) is 6.92 Å². The summed E-state index contributed by atoms with van der Waals surface area (Å²) >= 11 is 3.62. The normalized spacial score (nSPS) is 13.8. The van der Waals surface area contributed by atoms with E-state index in [2.05, 4.69) is 52.4 Å². The summed E-state index contributed by atoms with van der Waals surface area (Å²) in [4.78, 5) is 12.5. The quantitative estimate of drug-likeness (QED) is 0.440. The largest absolute Gasteiger partial charge is 0.490 e. The van der Waals surface area contributed by atoms with E-state index in [-0.39, 0.29) is 5.91 Å². The molecule has 5 heteroatoms. The average molecular weight is 464 g/mol. The number of hydrogen-bond donors (Lipinski definition) is 1. The Morgan fingerprint density at radius 3 is 2.50 bits per heavy atom.